The van der Waals surface area contributed by atoms with Gasteiger partial charge < -0.3 is 10.2 Å². The normalized spacial score (nSPS) is 13.8. The fraction of sp³-hybridized carbons (Fsp3) is 0.190. The van der Waals surface area contributed by atoms with Gasteiger partial charge in [0.25, 0.3) is 5.56 Å². The van der Waals surface area contributed by atoms with E-state index in [2.05, 4.69) is 10.4 Å². The predicted molar refractivity (Wildman–Crippen MR) is 110 cm³/mol. The molecule has 0 bridgehead atoms. The van der Waals surface area contributed by atoms with Crippen LogP contribution in [0.2, 0.25) is 5.02 Å². The number of carbonyl (C=O) groups is 1. The molecule has 1 N–H and O–H groups in total. The number of nitrogens with zero attached hydrogens (tertiary/aromatic N) is 3. The van der Waals surface area contributed by atoms with Crippen molar-refractivity contribution < 1.29 is 13.6 Å². The largest absolute Gasteiger partial charge is 0.371 e. The zero-order chi connectivity index (χ0) is 21.4. The Morgan fingerprint density at radius 3 is 2.73 bits per heavy atom. The fourth-order valence-electron chi connectivity index (χ4n) is 3.45. The summed E-state index contributed by atoms with van der Waals surface area (Å²) in [5, 5.41) is 6.57. The lowest BCUT2D eigenvalue weighted by Crippen LogP contribution is -2.41. The molecule has 1 amide bonds. The Morgan fingerprint density at radius 2 is 1.97 bits per heavy atom. The maximum Gasteiger partial charge on any atom is 0.292 e. The predicted octanol–water partition coefficient (Wildman–Crippen LogP) is 3.55. The first-order valence-electron chi connectivity index (χ1n) is 9.26. The van der Waals surface area contributed by atoms with Crippen LogP contribution >= 0.6 is 11.6 Å². The Bertz CT molecular complexity index is 1200. The second-order valence-electron chi connectivity index (χ2n) is 6.92. The zero-order valence-corrected chi connectivity index (χ0v) is 16.7. The van der Waals surface area contributed by atoms with Gasteiger partial charge in [-0.15, -0.1) is 0 Å². The van der Waals surface area contributed by atoms with Crippen LogP contribution in [0.5, 0.6) is 0 Å². The summed E-state index contributed by atoms with van der Waals surface area (Å²) < 4.78 is 27.9. The molecule has 1 aliphatic rings. The Morgan fingerprint density at radius 1 is 1.20 bits per heavy atom. The standard InChI is InChI=1S/C21H17ClF2N4O2/c1-12(20(29)27-9-8-13-4-2-3-5-17(13)27)26-16-11-25-28(21(30)19(16)22)18-7-6-14(23)10-15(18)24/h2-7,10-12,26H,8-9H2,1H3. The second-order valence-corrected chi connectivity index (χ2v) is 7.30. The first kappa shape index (κ1) is 20.0. The first-order valence-corrected chi connectivity index (χ1v) is 9.63. The van der Waals surface area contributed by atoms with Crippen LogP contribution in [0.3, 0.4) is 0 Å². The highest BCUT2D eigenvalue weighted by molar-refractivity contribution is 6.33. The van der Waals surface area contributed by atoms with Crippen molar-refractivity contribution in [2.24, 2.45) is 0 Å². The summed E-state index contributed by atoms with van der Waals surface area (Å²) in [6.07, 6.45) is 2.00. The molecular weight excluding hydrogens is 414 g/mol. The van der Waals surface area contributed by atoms with Crippen LogP contribution in [-0.2, 0) is 11.2 Å². The third-order valence-corrected chi connectivity index (χ3v) is 5.32. The van der Waals surface area contributed by atoms with Gasteiger partial charge in [0.2, 0.25) is 5.91 Å². The van der Waals surface area contributed by atoms with Gasteiger partial charge in [-0.05, 0) is 37.1 Å². The lowest BCUT2D eigenvalue weighted by molar-refractivity contribution is -0.118. The van der Waals surface area contributed by atoms with Gasteiger partial charge in [0.1, 0.15) is 22.6 Å². The molecule has 30 heavy (non-hydrogen) atoms. The van der Waals surface area contributed by atoms with E-state index in [9.17, 15) is 18.4 Å². The number of fused-ring (bicyclic) bond motifs is 1. The van der Waals surface area contributed by atoms with E-state index in [1.807, 2.05) is 24.3 Å². The summed E-state index contributed by atoms with van der Waals surface area (Å²) in [4.78, 5) is 27.2. The lowest BCUT2D eigenvalue weighted by Gasteiger charge is -2.23. The van der Waals surface area contributed by atoms with Gasteiger partial charge in [0.05, 0.1) is 11.9 Å². The number of carbonyl (C=O) groups excluding carboxylic acids is 1. The van der Waals surface area contributed by atoms with Crippen molar-refractivity contribution in [3.8, 4) is 5.69 Å². The van der Waals surface area contributed by atoms with E-state index >= 15 is 0 Å². The molecular formula is C21H17ClF2N4O2. The molecule has 1 unspecified atom stereocenters. The molecule has 1 atom stereocenters. The number of amides is 1. The van der Waals surface area contributed by atoms with E-state index < -0.39 is 23.2 Å². The van der Waals surface area contributed by atoms with Gasteiger partial charge in [0, 0.05) is 18.3 Å². The van der Waals surface area contributed by atoms with E-state index in [0.29, 0.717) is 12.6 Å². The number of hydrogen-bond acceptors (Lipinski definition) is 4. The van der Waals surface area contributed by atoms with Crippen molar-refractivity contribution in [1.82, 2.24) is 9.78 Å². The SMILES string of the molecule is CC(Nc1cnn(-c2ccc(F)cc2F)c(=O)c1Cl)C(=O)N1CCc2ccccc21. The van der Waals surface area contributed by atoms with Crippen LogP contribution in [-0.4, -0.2) is 28.3 Å². The molecule has 4 rings (SSSR count). The molecule has 2 heterocycles. The topological polar surface area (TPSA) is 67.2 Å². The Labute approximate surface area is 175 Å². The zero-order valence-electron chi connectivity index (χ0n) is 15.9. The van der Waals surface area contributed by atoms with E-state index in [4.69, 9.17) is 11.6 Å². The van der Waals surface area contributed by atoms with Crippen LogP contribution in [0.4, 0.5) is 20.2 Å². The number of para-hydroxylation sites is 1. The summed E-state index contributed by atoms with van der Waals surface area (Å²) in [7, 11) is 0. The fourth-order valence-corrected chi connectivity index (χ4v) is 3.64. The van der Waals surface area contributed by atoms with Crippen molar-refractivity contribution in [1.29, 1.82) is 0 Å². The molecule has 9 heteroatoms. The van der Waals surface area contributed by atoms with Gasteiger partial charge in [-0.25, -0.2) is 8.78 Å². The maximum atomic E-state index is 14.0. The number of hydrogen-bond donors (Lipinski definition) is 1. The molecule has 0 fully saturated rings. The number of rotatable bonds is 4. The van der Waals surface area contributed by atoms with Crippen molar-refractivity contribution in [2.75, 3.05) is 16.8 Å². The molecule has 3 aromatic rings. The highest BCUT2D eigenvalue weighted by Gasteiger charge is 2.28. The minimum atomic E-state index is -0.947. The van der Waals surface area contributed by atoms with Gasteiger partial charge in [-0.2, -0.15) is 9.78 Å². The molecule has 2 aromatic carbocycles. The van der Waals surface area contributed by atoms with Crippen LogP contribution in [0, 0.1) is 11.6 Å². The van der Waals surface area contributed by atoms with Crippen LogP contribution in [0.15, 0.2) is 53.5 Å². The van der Waals surface area contributed by atoms with Crippen LogP contribution in [0.25, 0.3) is 5.69 Å². The van der Waals surface area contributed by atoms with Crippen molar-refractivity contribution in [2.45, 2.75) is 19.4 Å². The van der Waals surface area contributed by atoms with E-state index in [0.717, 1.165) is 34.5 Å². The van der Waals surface area contributed by atoms with Gasteiger partial charge in [-0.1, -0.05) is 29.8 Å². The highest BCUT2D eigenvalue weighted by Crippen LogP contribution is 2.28. The van der Waals surface area contributed by atoms with Gasteiger partial charge >= 0.3 is 0 Å². The van der Waals surface area contributed by atoms with Crippen LogP contribution < -0.4 is 15.8 Å². The third-order valence-electron chi connectivity index (χ3n) is 4.95. The average molecular weight is 431 g/mol. The van der Waals surface area contributed by atoms with Gasteiger partial charge in [0.15, 0.2) is 5.82 Å². The second kappa shape index (κ2) is 7.87. The van der Waals surface area contributed by atoms with Crippen molar-refractivity contribution in [3.05, 3.63) is 81.2 Å². The molecule has 1 aliphatic heterocycles. The quantitative estimate of drug-likeness (QED) is 0.687. The third kappa shape index (κ3) is 3.54. The Balaban J connectivity index is 1.57. The molecule has 0 saturated heterocycles. The van der Waals surface area contributed by atoms with E-state index in [1.54, 1.807) is 11.8 Å². The molecule has 0 spiro atoms. The number of aromatic nitrogens is 2. The molecule has 0 aliphatic carbocycles. The van der Waals surface area contributed by atoms with E-state index in [1.165, 1.54) is 6.20 Å². The van der Waals surface area contributed by atoms with E-state index in [-0.39, 0.29) is 22.3 Å². The monoisotopic (exact) mass is 430 g/mol. The number of benzene rings is 2. The Hall–Kier alpha value is -3.26. The number of halogens is 3. The Kier molecular flexibility index (Phi) is 5.26. The van der Waals surface area contributed by atoms with Gasteiger partial charge in [-0.3, -0.25) is 9.59 Å². The smallest absolute Gasteiger partial charge is 0.292 e. The number of nitrogens with one attached hydrogen (secondary N) is 1. The maximum absolute atomic E-state index is 14.0. The summed E-state index contributed by atoms with van der Waals surface area (Å²) in [5.41, 5.74) is 1.09. The average Bonchev–Trinajstić information content (AvgIpc) is 3.16. The molecule has 6 nitrogen and oxygen atoms in total. The summed E-state index contributed by atoms with van der Waals surface area (Å²) in [5.74, 6) is -1.90. The minimum absolute atomic E-state index is 0.147. The first-order chi connectivity index (χ1) is 14.4. The summed E-state index contributed by atoms with van der Waals surface area (Å²) >= 11 is 6.16. The highest BCUT2D eigenvalue weighted by atomic mass is 35.5. The van der Waals surface area contributed by atoms with Crippen molar-refractivity contribution in [3.63, 3.8) is 0 Å². The summed E-state index contributed by atoms with van der Waals surface area (Å²) in [6.45, 7) is 2.23. The molecule has 0 saturated carbocycles. The number of anilines is 2. The summed E-state index contributed by atoms with van der Waals surface area (Å²) in [6, 6.07) is 9.75. The molecule has 1 aromatic heterocycles. The van der Waals surface area contributed by atoms with Crippen molar-refractivity contribution >= 4 is 28.9 Å². The molecule has 154 valence electrons. The van der Waals surface area contributed by atoms with Crippen LogP contribution in [0.1, 0.15) is 12.5 Å². The molecule has 0 radical (unpaired) electrons. The lowest BCUT2D eigenvalue weighted by atomic mass is 10.2. The minimum Gasteiger partial charge on any atom is -0.371 e.